The van der Waals surface area contributed by atoms with Crippen molar-refractivity contribution in [2.24, 2.45) is 0 Å². The van der Waals surface area contributed by atoms with Gasteiger partial charge in [-0.05, 0) is 45.4 Å². The lowest BCUT2D eigenvalue weighted by Gasteiger charge is -2.19. The highest BCUT2D eigenvalue weighted by Gasteiger charge is 2.19. The van der Waals surface area contributed by atoms with Crippen molar-refractivity contribution in [2.75, 3.05) is 18.5 Å². The largest absolute Gasteiger partial charge is 0.348 e. The zero-order chi connectivity index (χ0) is 22.1. The number of fused-ring (bicyclic) bond motifs is 1. The molecule has 2 heterocycles. The number of nitrogens with zero attached hydrogens (tertiary/aromatic N) is 4. The van der Waals surface area contributed by atoms with Gasteiger partial charge in [0.2, 0.25) is 5.91 Å². The van der Waals surface area contributed by atoms with Crippen molar-refractivity contribution in [1.82, 2.24) is 20.1 Å². The van der Waals surface area contributed by atoms with Crippen LogP contribution in [0.4, 0.5) is 5.13 Å². The Bertz CT molecular complexity index is 1210. The molecule has 4 rings (SSSR count). The number of carbonyl (C=O) groups excluding carboxylic acids is 1. The van der Waals surface area contributed by atoms with Gasteiger partial charge in [-0.15, -0.1) is 0 Å². The number of hydrogen-bond donors (Lipinski definition) is 1. The van der Waals surface area contributed by atoms with Gasteiger partial charge in [0.05, 0.1) is 28.7 Å². The summed E-state index contributed by atoms with van der Waals surface area (Å²) in [6.45, 7) is 8.35. The molecule has 0 saturated carbocycles. The van der Waals surface area contributed by atoms with E-state index in [1.165, 1.54) is 11.1 Å². The van der Waals surface area contributed by atoms with Crippen LogP contribution in [-0.4, -0.2) is 34.3 Å². The van der Waals surface area contributed by atoms with Crippen LogP contribution in [-0.2, 0) is 4.79 Å². The lowest BCUT2D eigenvalue weighted by Crippen LogP contribution is -2.36. The minimum Gasteiger partial charge on any atom is -0.348 e. The number of carbonyl (C=O) groups is 1. The molecule has 0 unspecified atom stereocenters. The molecule has 4 aromatic rings. The van der Waals surface area contributed by atoms with Gasteiger partial charge in [-0.1, -0.05) is 58.9 Å². The van der Waals surface area contributed by atoms with Crippen molar-refractivity contribution in [3.63, 3.8) is 0 Å². The third-order valence-corrected chi connectivity index (χ3v) is 6.59. The number of hydrogen-bond acceptors (Lipinski definition) is 5. The topological polar surface area (TPSA) is 63.1 Å². The van der Waals surface area contributed by atoms with Crippen LogP contribution >= 0.6 is 11.3 Å². The van der Waals surface area contributed by atoms with Crippen molar-refractivity contribution < 1.29 is 4.79 Å². The molecule has 7 heteroatoms. The van der Waals surface area contributed by atoms with Gasteiger partial charge in [0.15, 0.2) is 10.8 Å². The summed E-state index contributed by atoms with van der Waals surface area (Å²) in [5.41, 5.74) is 6.24. The Morgan fingerprint density at radius 3 is 2.32 bits per heavy atom. The average Bonchev–Trinajstić information content (AvgIpc) is 3.30. The number of anilines is 1. The fourth-order valence-electron chi connectivity index (χ4n) is 3.46. The van der Waals surface area contributed by atoms with Crippen LogP contribution in [0.25, 0.3) is 16.0 Å². The summed E-state index contributed by atoms with van der Waals surface area (Å²) < 4.78 is 2.91. The van der Waals surface area contributed by atoms with E-state index in [0.29, 0.717) is 0 Å². The van der Waals surface area contributed by atoms with Crippen LogP contribution in [0.1, 0.15) is 35.3 Å². The molecule has 6 nitrogen and oxygen atoms in total. The summed E-state index contributed by atoms with van der Waals surface area (Å²) in [6, 6.07) is 16.4. The molecular weight excluding hydrogens is 406 g/mol. The molecule has 0 radical (unpaired) electrons. The highest BCUT2D eigenvalue weighted by atomic mass is 32.1. The number of amides is 1. The Hall–Kier alpha value is -3.19. The normalized spacial score (nSPS) is 12.2. The van der Waals surface area contributed by atoms with E-state index in [2.05, 4.69) is 60.7 Å². The van der Waals surface area contributed by atoms with Gasteiger partial charge in [0, 0.05) is 7.05 Å². The summed E-state index contributed by atoms with van der Waals surface area (Å²) in [5, 5.41) is 8.53. The zero-order valence-electron chi connectivity index (χ0n) is 18.5. The molecule has 0 aliphatic carbocycles. The Morgan fingerprint density at radius 2 is 1.68 bits per heavy atom. The smallest absolute Gasteiger partial charge is 0.240 e. The zero-order valence-corrected chi connectivity index (χ0v) is 19.3. The molecule has 1 atom stereocenters. The van der Waals surface area contributed by atoms with Gasteiger partial charge in [0.1, 0.15) is 0 Å². The van der Waals surface area contributed by atoms with Gasteiger partial charge in [0.25, 0.3) is 0 Å². The van der Waals surface area contributed by atoms with Crippen LogP contribution in [0.3, 0.4) is 0 Å². The molecule has 0 aliphatic rings. The van der Waals surface area contributed by atoms with Crippen molar-refractivity contribution in [2.45, 2.75) is 33.7 Å². The molecule has 0 fully saturated rings. The van der Waals surface area contributed by atoms with Gasteiger partial charge in [-0.2, -0.15) is 10.1 Å². The Balaban J connectivity index is 1.49. The van der Waals surface area contributed by atoms with Crippen LogP contribution in [0.15, 0.2) is 48.5 Å². The minimum atomic E-state index is -0.0470. The number of rotatable bonds is 6. The summed E-state index contributed by atoms with van der Waals surface area (Å²) in [6.07, 6.45) is 0. The second kappa shape index (κ2) is 8.51. The number of benzene rings is 2. The molecule has 2 aromatic heterocycles. The Morgan fingerprint density at radius 1 is 1.06 bits per heavy atom. The number of aromatic nitrogens is 3. The molecule has 1 N–H and O–H groups in total. The highest BCUT2D eigenvalue weighted by molar-refractivity contribution is 7.22. The van der Waals surface area contributed by atoms with E-state index in [0.717, 1.165) is 32.4 Å². The molecule has 0 bridgehead atoms. The maximum Gasteiger partial charge on any atom is 0.240 e. The maximum absolute atomic E-state index is 12.6. The van der Waals surface area contributed by atoms with Gasteiger partial charge in [-0.25, -0.2) is 4.68 Å². The quantitative estimate of drug-likeness (QED) is 0.478. The highest BCUT2D eigenvalue weighted by Crippen LogP contribution is 2.32. The van der Waals surface area contributed by atoms with Crippen molar-refractivity contribution in [3.8, 4) is 5.69 Å². The molecule has 160 valence electrons. The van der Waals surface area contributed by atoms with Crippen molar-refractivity contribution >= 4 is 32.7 Å². The fourth-order valence-corrected chi connectivity index (χ4v) is 4.41. The number of nitrogens with one attached hydrogen (secondary N) is 1. The summed E-state index contributed by atoms with van der Waals surface area (Å²) in [5.74, 6) is -0.0354. The third kappa shape index (κ3) is 4.46. The lowest BCUT2D eigenvalue weighted by atomic mass is 10.1. The van der Waals surface area contributed by atoms with Gasteiger partial charge >= 0.3 is 0 Å². The number of likely N-dealkylation sites (N-methyl/N-ethyl adjacent to an activating group) is 1. The maximum atomic E-state index is 12.6. The van der Waals surface area contributed by atoms with Crippen LogP contribution < -0.4 is 10.2 Å². The van der Waals surface area contributed by atoms with E-state index in [-0.39, 0.29) is 18.5 Å². The minimum absolute atomic E-state index is 0.0354. The lowest BCUT2D eigenvalue weighted by molar-refractivity contribution is -0.120. The molecule has 0 saturated heterocycles. The van der Waals surface area contributed by atoms with E-state index in [1.54, 1.807) is 11.3 Å². The van der Waals surface area contributed by atoms with E-state index in [1.807, 2.05) is 42.6 Å². The van der Waals surface area contributed by atoms with E-state index in [4.69, 9.17) is 4.98 Å². The second-order valence-corrected chi connectivity index (χ2v) is 9.02. The van der Waals surface area contributed by atoms with E-state index in [9.17, 15) is 4.79 Å². The fraction of sp³-hybridized carbons (Fsp3) is 0.292. The SMILES string of the molecule is Cc1ccc([C@H](C)NC(=O)CN(C)c2nc3c(s2)c(C)nn3-c2ccc(C)cc2)cc1. The Labute approximate surface area is 186 Å². The molecular formula is C24H27N5OS. The molecule has 0 spiro atoms. The van der Waals surface area contributed by atoms with Crippen LogP contribution in [0, 0.1) is 20.8 Å². The summed E-state index contributed by atoms with van der Waals surface area (Å²) in [7, 11) is 1.90. The average molecular weight is 434 g/mol. The first kappa shape index (κ1) is 21.1. The predicted octanol–water partition coefficient (Wildman–Crippen LogP) is 4.72. The van der Waals surface area contributed by atoms with Crippen LogP contribution in [0.2, 0.25) is 0 Å². The summed E-state index contributed by atoms with van der Waals surface area (Å²) in [4.78, 5) is 19.3. The van der Waals surface area contributed by atoms with E-state index >= 15 is 0 Å². The molecule has 2 aromatic carbocycles. The van der Waals surface area contributed by atoms with Crippen LogP contribution in [0.5, 0.6) is 0 Å². The molecule has 0 aliphatic heterocycles. The number of aryl methyl sites for hydroxylation is 3. The van der Waals surface area contributed by atoms with E-state index < -0.39 is 0 Å². The second-order valence-electron chi connectivity index (χ2n) is 8.04. The monoisotopic (exact) mass is 433 g/mol. The van der Waals surface area contributed by atoms with Crippen molar-refractivity contribution in [3.05, 3.63) is 70.9 Å². The Kier molecular flexibility index (Phi) is 5.78. The first-order valence-corrected chi connectivity index (χ1v) is 11.1. The first-order chi connectivity index (χ1) is 14.8. The van der Waals surface area contributed by atoms with Crippen molar-refractivity contribution in [1.29, 1.82) is 0 Å². The number of thiazole rings is 1. The predicted molar refractivity (Wildman–Crippen MR) is 127 cm³/mol. The first-order valence-electron chi connectivity index (χ1n) is 10.3. The standard InChI is InChI=1S/C24H27N5OS/c1-15-6-10-19(11-7-15)17(3)25-21(30)14-28(5)24-26-23-22(31-24)18(4)27-29(23)20-12-8-16(2)9-13-20/h6-13,17H,14H2,1-5H3,(H,25,30)/t17-/m0/s1. The van der Waals surface area contributed by atoms with Gasteiger partial charge in [-0.3, -0.25) is 4.79 Å². The van der Waals surface area contributed by atoms with Gasteiger partial charge < -0.3 is 10.2 Å². The summed E-state index contributed by atoms with van der Waals surface area (Å²) >= 11 is 1.56. The third-order valence-electron chi connectivity index (χ3n) is 5.32. The molecule has 1 amide bonds. The molecule has 31 heavy (non-hydrogen) atoms.